The highest BCUT2D eigenvalue weighted by Crippen LogP contribution is 2.42. The van der Waals surface area contributed by atoms with Crippen molar-refractivity contribution in [3.05, 3.63) is 89.8 Å². The molecular formula is C28H18F2N2O4. The van der Waals surface area contributed by atoms with Gasteiger partial charge in [-0.2, -0.15) is 0 Å². The molecule has 1 aliphatic rings. The fourth-order valence-corrected chi connectivity index (χ4v) is 4.80. The molecule has 2 aromatic heterocycles. The van der Waals surface area contributed by atoms with Gasteiger partial charge in [-0.05, 0) is 42.0 Å². The Labute approximate surface area is 203 Å². The SMILES string of the molecule is COc1cc2c(cc1-c1ccc(F)cc1)c(C1=C(c3coc4ccc(F)cc34)C(=O)NC1=O)cn2C. The number of hydrogen-bond acceptors (Lipinski definition) is 4. The predicted octanol–water partition coefficient (Wildman–Crippen LogP) is 5.45. The van der Waals surface area contributed by atoms with Crippen LogP contribution in [0.15, 0.2) is 71.5 Å². The second kappa shape index (κ2) is 7.91. The second-order valence-corrected chi connectivity index (χ2v) is 8.55. The van der Waals surface area contributed by atoms with Crippen molar-refractivity contribution in [3.63, 3.8) is 0 Å². The number of hydrogen-bond donors (Lipinski definition) is 1. The highest BCUT2D eigenvalue weighted by molar-refractivity contribution is 6.50. The minimum atomic E-state index is -0.591. The van der Waals surface area contributed by atoms with Crippen molar-refractivity contribution in [1.82, 2.24) is 9.88 Å². The van der Waals surface area contributed by atoms with Gasteiger partial charge in [-0.25, -0.2) is 8.78 Å². The number of nitrogens with zero attached hydrogens (tertiary/aromatic N) is 1. The van der Waals surface area contributed by atoms with Gasteiger partial charge in [0, 0.05) is 46.8 Å². The van der Waals surface area contributed by atoms with Crippen LogP contribution in [0, 0.1) is 11.6 Å². The summed E-state index contributed by atoms with van der Waals surface area (Å²) in [6, 6.07) is 13.7. The Kier molecular flexibility index (Phi) is 4.79. The highest BCUT2D eigenvalue weighted by atomic mass is 19.1. The van der Waals surface area contributed by atoms with Crippen LogP contribution >= 0.6 is 0 Å². The molecule has 8 heteroatoms. The number of aryl methyl sites for hydroxylation is 1. The van der Waals surface area contributed by atoms with Gasteiger partial charge in [0.15, 0.2) is 0 Å². The van der Waals surface area contributed by atoms with E-state index in [4.69, 9.17) is 9.15 Å². The Balaban J connectivity index is 1.65. The number of rotatable bonds is 4. The summed E-state index contributed by atoms with van der Waals surface area (Å²) < 4.78 is 40.6. The molecule has 1 N–H and O–H groups in total. The molecule has 0 saturated heterocycles. The molecule has 0 unspecified atom stereocenters. The number of halogens is 2. The Hall–Kier alpha value is -4.72. The number of carbonyl (C=O) groups is 2. The van der Waals surface area contributed by atoms with E-state index in [1.165, 1.54) is 36.6 Å². The molecule has 5 aromatic rings. The quantitative estimate of drug-likeness (QED) is 0.345. The first kappa shape index (κ1) is 21.8. The Morgan fingerprint density at radius 1 is 0.833 bits per heavy atom. The number of amides is 2. The van der Waals surface area contributed by atoms with Crippen LogP contribution < -0.4 is 10.1 Å². The van der Waals surface area contributed by atoms with Crippen molar-refractivity contribution in [3.8, 4) is 16.9 Å². The molecule has 0 radical (unpaired) electrons. The maximum Gasteiger partial charge on any atom is 0.259 e. The fourth-order valence-electron chi connectivity index (χ4n) is 4.80. The lowest BCUT2D eigenvalue weighted by Gasteiger charge is -2.11. The molecule has 36 heavy (non-hydrogen) atoms. The van der Waals surface area contributed by atoms with Crippen LogP contribution in [-0.2, 0) is 16.6 Å². The standard InChI is InChI=1S/C28H18F2N2O4/c1-32-12-20(18-10-17(24(35-2)11-22(18)32)14-3-5-15(29)6-4-14)25-26(28(34)31-27(25)33)21-13-36-23-8-7-16(30)9-19(21)23/h3-13H,1-2H3,(H,31,33,34). The summed E-state index contributed by atoms with van der Waals surface area (Å²) in [5.74, 6) is -1.44. The van der Waals surface area contributed by atoms with Crippen molar-refractivity contribution in [2.75, 3.05) is 7.11 Å². The molecule has 0 bridgehead atoms. The number of carbonyl (C=O) groups excluding carboxylic acids is 2. The first-order valence-electron chi connectivity index (χ1n) is 11.1. The van der Waals surface area contributed by atoms with E-state index in [2.05, 4.69) is 5.32 Å². The Morgan fingerprint density at radius 2 is 1.53 bits per heavy atom. The van der Waals surface area contributed by atoms with Crippen LogP contribution in [0.3, 0.4) is 0 Å². The lowest BCUT2D eigenvalue weighted by molar-refractivity contribution is -0.122. The average Bonchev–Trinajstić information content (AvgIpc) is 3.50. The van der Waals surface area contributed by atoms with Crippen molar-refractivity contribution >= 4 is 44.8 Å². The predicted molar refractivity (Wildman–Crippen MR) is 131 cm³/mol. The summed E-state index contributed by atoms with van der Waals surface area (Å²) in [4.78, 5) is 26.1. The summed E-state index contributed by atoms with van der Waals surface area (Å²) >= 11 is 0. The molecule has 0 saturated carbocycles. The minimum Gasteiger partial charge on any atom is -0.496 e. The Morgan fingerprint density at radius 3 is 2.25 bits per heavy atom. The van der Waals surface area contributed by atoms with Gasteiger partial charge < -0.3 is 13.7 Å². The zero-order valence-corrected chi connectivity index (χ0v) is 19.2. The number of fused-ring (bicyclic) bond motifs is 2. The summed E-state index contributed by atoms with van der Waals surface area (Å²) in [5, 5.41) is 3.45. The van der Waals surface area contributed by atoms with Gasteiger partial charge >= 0.3 is 0 Å². The maximum absolute atomic E-state index is 14.0. The van der Waals surface area contributed by atoms with E-state index in [-0.39, 0.29) is 17.0 Å². The third-order valence-electron chi connectivity index (χ3n) is 6.47. The molecule has 1 aliphatic heterocycles. The third-order valence-corrected chi connectivity index (χ3v) is 6.47. The van der Waals surface area contributed by atoms with Crippen molar-refractivity contribution in [2.45, 2.75) is 0 Å². The number of methoxy groups -OCH3 is 1. The summed E-state index contributed by atoms with van der Waals surface area (Å²) in [6.45, 7) is 0. The first-order chi connectivity index (χ1) is 17.4. The monoisotopic (exact) mass is 484 g/mol. The highest BCUT2D eigenvalue weighted by Gasteiger charge is 2.35. The normalized spacial score (nSPS) is 13.8. The van der Waals surface area contributed by atoms with Crippen LogP contribution in [-0.4, -0.2) is 23.5 Å². The van der Waals surface area contributed by atoms with Crippen LogP contribution in [0.2, 0.25) is 0 Å². The smallest absolute Gasteiger partial charge is 0.259 e. The molecule has 178 valence electrons. The molecule has 3 aromatic carbocycles. The largest absolute Gasteiger partial charge is 0.496 e. The summed E-state index contributed by atoms with van der Waals surface area (Å²) in [7, 11) is 3.37. The van der Waals surface area contributed by atoms with Gasteiger partial charge in [0.25, 0.3) is 11.8 Å². The van der Waals surface area contributed by atoms with Crippen molar-refractivity contribution < 1.29 is 27.5 Å². The molecule has 3 heterocycles. The van der Waals surface area contributed by atoms with Crippen LogP contribution in [0.25, 0.3) is 44.1 Å². The van der Waals surface area contributed by atoms with Gasteiger partial charge in [-0.3, -0.25) is 14.9 Å². The molecule has 0 spiro atoms. The average molecular weight is 484 g/mol. The summed E-state index contributed by atoms with van der Waals surface area (Å²) in [6.07, 6.45) is 3.12. The molecule has 0 aliphatic carbocycles. The second-order valence-electron chi connectivity index (χ2n) is 8.55. The van der Waals surface area contributed by atoms with Crippen molar-refractivity contribution in [1.29, 1.82) is 0 Å². The van der Waals surface area contributed by atoms with E-state index < -0.39 is 17.6 Å². The third kappa shape index (κ3) is 3.22. The van der Waals surface area contributed by atoms with Gasteiger partial charge in [0.05, 0.1) is 30.0 Å². The Bertz CT molecular complexity index is 1760. The number of imide groups is 1. The van der Waals surface area contributed by atoms with E-state index in [1.54, 1.807) is 25.4 Å². The lowest BCUT2D eigenvalue weighted by atomic mass is 9.94. The number of aromatic nitrogens is 1. The molecule has 0 fully saturated rings. The van der Waals surface area contributed by atoms with Gasteiger partial charge in [-0.15, -0.1) is 0 Å². The van der Waals surface area contributed by atoms with E-state index in [9.17, 15) is 18.4 Å². The maximum atomic E-state index is 14.0. The molecule has 2 amide bonds. The molecule has 6 nitrogen and oxygen atoms in total. The van der Waals surface area contributed by atoms with Gasteiger partial charge in [0.2, 0.25) is 0 Å². The lowest BCUT2D eigenvalue weighted by Crippen LogP contribution is -2.22. The van der Waals surface area contributed by atoms with E-state index in [1.807, 2.05) is 23.7 Å². The molecular weight excluding hydrogens is 466 g/mol. The van der Waals surface area contributed by atoms with E-state index in [0.29, 0.717) is 38.8 Å². The van der Waals surface area contributed by atoms with Crippen LogP contribution in [0.5, 0.6) is 5.75 Å². The van der Waals surface area contributed by atoms with E-state index >= 15 is 0 Å². The van der Waals surface area contributed by atoms with Crippen molar-refractivity contribution in [2.24, 2.45) is 7.05 Å². The summed E-state index contributed by atoms with van der Waals surface area (Å²) in [5.41, 5.74) is 3.68. The van der Waals surface area contributed by atoms with Crippen LogP contribution in [0.1, 0.15) is 11.1 Å². The minimum absolute atomic E-state index is 0.107. The van der Waals surface area contributed by atoms with Gasteiger partial charge in [-0.1, -0.05) is 12.1 Å². The number of benzene rings is 3. The first-order valence-corrected chi connectivity index (χ1v) is 11.1. The number of nitrogens with one attached hydrogen (secondary N) is 1. The topological polar surface area (TPSA) is 73.5 Å². The molecule has 6 rings (SSSR count). The zero-order chi connectivity index (χ0) is 25.1. The van der Waals surface area contributed by atoms with E-state index in [0.717, 1.165) is 11.1 Å². The zero-order valence-electron chi connectivity index (χ0n) is 19.2. The fraction of sp³-hybridized carbons (Fsp3) is 0.0714. The van der Waals surface area contributed by atoms with Crippen LogP contribution in [0.4, 0.5) is 8.78 Å². The number of furan rings is 1. The molecule has 0 atom stereocenters. The number of ether oxygens (including phenoxy) is 1. The van der Waals surface area contributed by atoms with Gasteiger partial charge in [0.1, 0.15) is 23.0 Å².